The first kappa shape index (κ1) is 15.5. The van der Waals surface area contributed by atoms with Crippen molar-refractivity contribution >= 4 is 29.0 Å². The van der Waals surface area contributed by atoms with Crippen LogP contribution in [0.15, 0.2) is 36.4 Å². The highest BCUT2D eigenvalue weighted by Crippen LogP contribution is 2.30. The highest BCUT2D eigenvalue weighted by Gasteiger charge is 2.24. The van der Waals surface area contributed by atoms with Gasteiger partial charge in [-0.3, -0.25) is 4.79 Å². The Bertz CT molecular complexity index is 732. The Morgan fingerprint density at radius 2 is 1.95 bits per heavy atom. The molecule has 0 radical (unpaired) electrons. The zero-order valence-corrected chi connectivity index (χ0v) is 12.5. The fourth-order valence-corrected chi connectivity index (χ4v) is 2.57. The van der Waals surface area contributed by atoms with Gasteiger partial charge >= 0.3 is 0 Å². The van der Waals surface area contributed by atoms with E-state index in [1.165, 1.54) is 18.2 Å². The van der Waals surface area contributed by atoms with Gasteiger partial charge in [-0.15, -0.1) is 0 Å². The number of rotatable bonds is 3. The van der Waals surface area contributed by atoms with Crippen LogP contribution in [0.1, 0.15) is 27.4 Å². The Morgan fingerprint density at radius 1 is 1.24 bits per heavy atom. The highest BCUT2D eigenvalue weighted by atomic mass is 35.5. The molecule has 0 aromatic heterocycles. The molecule has 0 heterocycles. The molecule has 2 aromatic rings. The van der Waals surface area contributed by atoms with Crippen molar-refractivity contribution < 1.29 is 9.18 Å². The Labute approximate surface area is 131 Å². The molecule has 0 aliphatic rings. The van der Waals surface area contributed by atoms with Gasteiger partial charge in [0.05, 0.1) is 6.07 Å². The predicted molar refractivity (Wildman–Crippen MR) is 80.3 cm³/mol. The lowest BCUT2D eigenvalue weighted by Crippen LogP contribution is -2.12. The van der Waals surface area contributed by atoms with E-state index in [4.69, 9.17) is 23.2 Å². The van der Waals surface area contributed by atoms with Crippen molar-refractivity contribution in [2.75, 3.05) is 0 Å². The first-order chi connectivity index (χ1) is 9.92. The number of aryl methyl sites for hydroxylation is 1. The molecule has 0 saturated heterocycles. The fourth-order valence-electron chi connectivity index (χ4n) is 2.05. The smallest absolute Gasteiger partial charge is 0.184 e. The van der Waals surface area contributed by atoms with Gasteiger partial charge in [-0.2, -0.15) is 5.26 Å². The van der Waals surface area contributed by atoms with Crippen molar-refractivity contribution in [2.45, 2.75) is 12.8 Å². The summed E-state index contributed by atoms with van der Waals surface area (Å²) in [7, 11) is 0. The molecule has 0 aliphatic heterocycles. The topological polar surface area (TPSA) is 40.9 Å². The van der Waals surface area contributed by atoms with Crippen molar-refractivity contribution in [3.63, 3.8) is 0 Å². The summed E-state index contributed by atoms with van der Waals surface area (Å²) in [6.07, 6.45) is 0. The Kier molecular flexibility index (Phi) is 4.62. The number of Topliss-reactive ketones (excluding diaryl/α,β-unsaturated/α-hetero) is 1. The van der Waals surface area contributed by atoms with Gasteiger partial charge in [-0.1, -0.05) is 29.3 Å². The van der Waals surface area contributed by atoms with Crippen LogP contribution in [0.3, 0.4) is 0 Å². The molecule has 5 heteroatoms. The molecular weight excluding hydrogens is 312 g/mol. The zero-order valence-electron chi connectivity index (χ0n) is 11.0. The van der Waals surface area contributed by atoms with Crippen LogP contribution in [0.25, 0.3) is 0 Å². The third kappa shape index (κ3) is 3.41. The molecule has 1 unspecified atom stereocenters. The van der Waals surface area contributed by atoms with Crippen LogP contribution in [-0.4, -0.2) is 5.78 Å². The third-order valence-electron chi connectivity index (χ3n) is 2.99. The summed E-state index contributed by atoms with van der Waals surface area (Å²) in [5, 5.41) is 9.93. The van der Waals surface area contributed by atoms with Crippen molar-refractivity contribution in [1.82, 2.24) is 0 Å². The lowest BCUT2D eigenvalue weighted by atomic mass is 9.91. The van der Waals surface area contributed by atoms with E-state index in [0.717, 1.165) is 6.07 Å². The summed E-state index contributed by atoms with van der Waals surface area (Å²) < 4.78 is 13.4. The minimum Gasteiger partial charge on any atom is -0.292 e. The van der Waals surface area contributed by atoms with E-state index in [2.05, 4.69) is 0 Å². The number of benzene rings is 2. The van der Waals surface area contributed by atoms with Crippen molar-refractivity contribution in [3.8, 4) is 6.07 Å². The molecule has 2 aromatic carbocycles. The van der Waals surface area contributed by atoms with E-state index in [1.54, 1.807) is 19.1 Å². The minimum atomic E-state index is -1.10. The van der Waals surface area contributed by atoms with E-state index in [9.17, 15) is 14.4 Å². The fraction of sp³-hybridized carbons (Fsp3) is 0.125. The minimum absolute atomic E-state index is 0.144. The molecule has 0 bridgehead atoms. The molecule has 0 fully saturated rings. The van der Waals surface area contributed by atoms with Gasteiger partial charge in [-0.05, 0) is 48.4 Å². The summed E-state index contributed by atoms with van der Waals surface area (Å²) >= 11 is 11.8. The van der Waals surface area contributed by atoms with E-state index in [0.29, 0.717) is 16.1 Å². The van der Waals surface area contributed by atoms with E-state index < -0.39 is 17.5 Å². The largest absolute Gasteiger partial charge is 0.292 e. The number of ketones is 1. The molecule has 0 amide bonds. The van der Waals surface area contributed by atoms with Gasteiger partial charge in [0.1, 0.15) is 11.7 Å². The second-order valence-corrected chi connectivity index (χ2v) is 5.45. The van der Waals surface area contributed by atoms with Crippen LogP contribution in [0.4, 0.5) is 4.39 Å². The second-order valence-electron chi connectivity index (χ2n) is 4.61. The molecule has 21 heavy (non-hydrogen) atoms. The Hall–Kier alpha value is -1.89. The van der Waals surface area contributed by atoms with Crippen LogP contribution >= 0.6 is 23.2 Å². The van der Waals surface area contributed by atoms with Gasteiger partial charge in [0.25, 0.3) is 0 Å². The normalized spacial score (nSPS) is 11.8. The van der Waals surface area contributed by atoms with Crippen molar-refractivity contribution in [1.29, 1.82) is 5.26 Å². The molecule has 0 N–H and O–H groups in total. The molecule has 2 rings (SSSR count). The number of halogens is 3. The van der Waals surface area contributed by atoms with Gasteiger partial charge in [0.2, 0.25) is 0 Å². The predicted octanol–water partition coefficient (Wildman–Crippen LogP) is 4.93. The maximum Gasteiger partial charge on any atom is 0.184 e. The number of nitrogens with zero attached hydrogens (tertiary/aromatic N) is 1. The van der Waals surface area contributed by atoms with Crippen LogP contribution < -0.4 is 0 Å². The summed E-state index contributed by atoms with van der Waals surface area (Å²) in [5.74, 6) is -2.11. The first-order valence-electron chi connectivity index (χ1n) is 6.08. The van der Waals surface area contributed by atoms with Gasteiger partial charge < -0.3 is 0 Å². The Morgan fingerprint density at radius 3 is 2.52 bits per heavy atom. The monoisotopic (exact) mass is 321 g/mol. The van der Waals surface area contributed by atoms with Gasteiger partial charge in [0.15, 0.2) is 5.78 Å². The summed E-state index contributed by atoms with van der Waals surface area (Å²) in [5.41, 5.74) is 1.11. The molecule has 0 saturated carbocycles. The van der Waals surface area contributed by atoms with E-state index in [1.807, 2.05) is 6.07 Å². The molecule has 2 nitrogen and oxygen atoms in total. The lowest BCUT2D eigenvalue weighted by Gasteiger charge is -2.11. The number of hydrogen-bond donors (Lipinski definition) is 0. The maximum absolute atomic E-state index is 13.4. The van der Waals surface area contributed by atoms with E-state index >= 15 is 0 Å². The number of hydrogen-bond acceptors (Lipinski definition) is 2. The first-order valence-corrected chi connectivity index (χ1v) is 6.84. The standard InChI is InChI=1S/C16H10Cl2FNO/c1-9-4-10(6-12(19)5-9)16(21)14(8-20)13-3-2-11(17)7-15(13)18/h2-7,14H,1H3. The average Bonchev–Trinajstić information content (AvgIpc) is 2.40. The summed E-state index contributed by atoms with van der Waals surface area (Å²) in [6, 6.07) is 10.4. The third-order valence-corrected chi connectivity index (χ3v) is 3.55. The van der Waals surface area contributed by atoms with Crippen LogP contribution in [-0.2, 0) is 0 Å². The molecule has 1 atom stereocenters. The molecule has 106 valence electrons. The molecule has 0 aliphatic carbocycles. The number of nitriles is 1. The highest BCUT2D eigenvalue weighted by molar-refractivity contribution is 6.35. The number of carbonyl (C=O) groups excluding carboxylic acids is 1. The quantitative estimate of drug-likeness (QED) is 0.752. The molecule has 0 spiro atoms. The van der Waals surface area contributed by atoms with Crippen LogP contribution in [0.5, 0.6) is 0 Å². The molecular formula is C16H10Cl2FNO. The van der Waals surface area contributed by atoms with E-state index in [-0.39, 0.29) is 10.6 Å². The van der Waals surface area contributed by atoms with Crippen molar-refractivity contribution in [3.05, 3.63) is 69.0 Å². The summed E-state index contributed by atoms with van der Waals surface area (Å²) in [6.45, 7) is 1.68. The SMILES string of the molecule is Cc1cc(F)cc(C(=O)C(C#N)c2ccc(Cl)cc2Cl)c1. The number of carbonyl (C=O) groups is 1. The second kappa shape index (κ2) is 6.26. The van der Waals surface area contributed by atoms with Crippen molar-refractivity contribution in [2.24, 2.45) is 0 Å². The Balaban J connectivity index is 2.46. The van der Waals surface area contributed by atoms with Crippen LogP contribution in [0.2, 0.25) is 10.0 Å². The lowest BCUT2D eigenvalue weighted by molar-refractivity contribution is 0.0978. The maximum atomic E-state index is 13.4. The van der Waals surface area contributed by atoms with Gasteiger partial charge in [-0.25, -0.2) is 4.39 Å². The van der Waals surface area contributed by atoms with Crippen LogP contribution in [0, 0.1) is 24.1 Å². The van der Waals surface area contributed by atoms with Gasteiger partial charge in [0, 0.05) is 15.6 Å². The summed E-state index contributed by atoms with van der Waals surface area (Å²) in [4.78, 5) is 12.4. The zero-order chi connectivity index (χ0) is 15.6. The average molecular weight is 322 g/mol.